The summed E-state index contributed by atoms with van der Waals surface area (Å²) in [7, 11) is 0. The first kappa shape index (κ1) is 16.6. The first-order chi connectivity index (χ1) is 10.6. The highest BCUT2D eigenvalue weighted by atomic mass is 35.5. The van der Waals surface area contributed by atoms with Crippen LogP contribution in [0.5, 0.6) is 5.75 Å². The van der Waals surface area contributed by atoms with Crippen LogP contribution in [0.15, 0.2) is 47.4 Å². The van der Waals surface area contributed by atoms with Crippen LogP contribution in [0.4, 0.5) is 4.39 Å². The van der Waals surface area contributed by atoms with Gasteiger partial charge in [0.2, 0.25) is 0 Å². The molecule has 6 heteroatoms. The van der Waals surface area contributed by atoms with Gasteiger partial charge in [0.1, 0.15) is 6.61 Å². The number of halogens is 2. The second kappa shape index (κ2) is 8.06. The van der Waals surface area contributed by atoms with Crippen molar-refractivity contribution in [3.8, 4) is 5.75 Å². The number of amides is 1. The number of nitrogens with one attached hydrogen (secondary N) is 1. The highest BCUT2D eigenvalue weighted by Crippen LogP contribution is 2.22. The summed E-state index contributed by atoms with van der Waals surface area (Å²) >= 11 is 7.56. The summed E-state index contributed by atoms with van der Waals surface area (Å²) in [6.07, 6.45) is 1.92. The van der Waals surface area contributed by atoms with Crippen molar-refractivity contribution in [2.24, 2.45) is 0 Å². The van der Waals surface area contributed by atoms with Crippen LogP contribution in [0.25, 0.3) is 0 Å². The minimum atomic E-state index is -0.426. The minimum absolute atomic E-state index is 0.166. The fourth-order valence-corrected chi connectivity index (χ4v) is 2.43. The van der Waals surface area contributed by atoms with Gasteiger partial charge in [-0.15, -0.1) is 11.8 Å². The number of hydrogen-bond acceptors (Lipinski definition) is 3. The number of rotatable bonds is 6. The van der Waals surface area contributed by atoms with E-state index in [-0.39, 0.29) is 24.8 Å². The molecule has 0 aromatic heterocycles. The summed E-state index contributed by atoms with van der Waals surface area (Å²) in [4.78, 5) is 13.0. The molecule has 0 radical (unpaired) electrons. The van der Waals surface area contributed by atoms with Crippen molar-refractivity contribution < 1.29 is 13.9 Å². The SMILES string of the molecule is CSc1ccc(Cl)c(C(=O)NCCOc2ccccc2F)c1. The fourth-order valence-electron chi connectivity index (χ4n) is 1.79. The van der Waals surface area contributed by atoms with Crippen LogP contribution in [0.1, 0.15) is 10.4 Å². The molecule has 0 unspecified atom stereocenters. The van der Waals surface area contributed by atoms with Crippen molar-refractivity contribution >= 4 is 29.3 Å². The zero-order valence-corrected chi connectivity index (χ0v) is 13.5. The van der Waals surface area contributed by atoms with E-state index in [2.05, 4.69) is 5.32 Å². The summed E-state index contributed by atoms with van der Waals surface area (Å²) in [5, 5.41) is 3.09. The van der Waals surface area contributed by atoms with Crippen molar-refractivity contribution in [3.05, 3.63) is 58.9 Å². The van der Waals surface area contributed by atoms with E-state index < -0.39 is 5.82 Å². The Balaban J connectivity index is 1.87. The Morgan fingerprint density at radius 1 is 1.32 bits per heavy atom. The summed E-state index contributed by atoms with van der Waals surface area (Å²) < 4.78 is 18.6. The number of para-hydroxylation sites is 1. The van der Waals surface area contributed by atoms with Gasteiger partial charge < -0.3 is 10.1 Å². The number of carbonyl (C=O) groups is 1. The van der Waals surface area contributed by atoms with Gasteiger partial charge >= 0.3 is 0 Å². The van der Waals surface area contributed by atoms with Gasteiger partial charge in [-0.2, -0.15) is 0 Å². The molecule has 22 heavy (non-hydrogen) atoms. The van der Waals surface area contributed by atoms with Gasteiger partial charge in [-0.3, -0.25) is 4.79 Å². The third-order valence-electron chi connectivity index (χ3n) is 2.90. The Morgan fingerprint density at radius 2 is 2.09 bits per heavy atom. The van der Waals surface area contributed by atoms with Crippen LogP contribution in [-0.4, -0.2) is 25.3 Å². The maximum absolute atomic E-state index is 13.3. The molecule has 2 rings (SSSR count). The Hall–Kier alpha value is -1.72. The molecule has 3 nitrogen and oxygen atoms in total. The van der Waals surface area contributed by atoms with Crippen LogP contribution in [-0.2, 0) is 0 Å². The molecule has 116 valence electrons. The molecule has 0 fully saturated rings. The third kappa shape index (κ3) is 4.39. The summed E-state index contributed by atoms with van der Waals surface area (Å²) in [6, 6.07) is 11.4. The molecule has 0 heterocycles. The number of hydrogen-bond donors (Lipinski definition) is 1. The molecule has 0 aliphatic heterocycles. The van der Waals surface area contributed by atoms with Gasteiger partial charge in [-0.25, -0.2) is 4.39 Å². The lowest BCUT2D eigenvalue weighted by Gasteiger charge is -2.10. The van der Waals surface area contributed by atoms with E-state index in [0.29, 0.717) is 10.6 Å². The van der Waals surface area contributed by atoms with Crippen LogP contribution in [0.2, 0.25) is 5.02 Å². The molecule has 2 aromatic carbocycles. The third-order valence-corrected chi connectivity index (χ3v) is 3.95. The molecule has 1 amide bonds. The lowest BCUT2D eigenvalue weighted by Crippen LogP contribution is -2.28. The van der Waals surface area contributed by atoms with E-state index in [9.17, 15) is 9.18 Å². The lowest BCUT2D eigenvalue weighted by molar-refractivity contribution is 0.0946. The predicted molar refractivity (Wildman–Crippen MR) is 87.5 cm³/mol. The average Bonchev–Trinajstić information content (AvgIpc) is 2.53. The topological polar surface area (TPSA) is 38.3 Å². The normalized spacial score (nSPS) is 10.3. The number of carbonyl (C=O) groups excluding carboxylic acids is 1. The molecule has 0 atom stereocenters. The number of benzene rings is 2. The molecule has 0 saturated heterocycles. The highest BCUT2D eigenvalue weighted by molar-refractivity contribution is 7.98. The largest absolute Gasteiger partial charge is 0.489 e. The van der Waals surface area contributed by atoms with Gasteiger partial charge in [0.25, 0.3) is 5.91 Å². The molecular formula is C16H15ClFNO2S. The van der Waals surface area contributed by atoms with E-state index in [1.54, 1.807) is 24.3 Å². The lowest BCUT2D eigenvalue weighted by atomic mass is 10.2. The molecule has 0 spiro atoms. The second-order valence-corrected chi connectivity index (χ2v) is 5.67. The van der Waals surface area contributed by atoms with Crippen molar-refractivity contribution in [1.82, 2.24) is 5.32 Å². The monoisotopic (exact) mass is 339 g/mol. The summed E-state index contributed by atoms with van der Waals surface area (Å²) in [5.41, 5.74) is 0.416. The van der Waals surface area contributed by atoms with Crippen LogP contribution >= 0.6 is 23.4 Å². The quantitative estimate of drug-likeness (QED) is 0.638. The van der Waals surface area contributed by atoms with Crippen molar-refractivity contribution in [3.63, 3.8) is 0 Å². The maximum atomic E-state index is 13.3. The molecule has 0 saturated carbocycles. The van der Waals surface area contributed by atoms with Gasteiger partial charge in [0, 0.05) is 4.90 Å². The van der Waals surface area contributed by atoms with Crippen LogP contribution in [0, 0.1) is 5.82 Å². The zero-order chi connectivity index (χ0) is 15.9. The maximum Gasteiger partial charge on any atom is 0.252 e. The van der Waals surface area contributed by atoms with E-state index >= 15 is 0 Å². The fraction of sp³-hybridized carbons (Fsp3) is 0.188. The van der Waals surface area contributed by atoms with Gasteiger partial charge in [-0.05, 0) is 36.6 Å². The van der Waals surface area contributed by atoms with Crippen molar-refractivity contribution in [1.29, 1.82) is 0 Å². The predicted octanol–water partition coefficient (Wildman–Crippen LogP) is 4.01. The molecule has 0 aliphatic rings. The van der Waals surface area contributed by atoms with Crippen LogP contribution in [0.3, 0.4) is 0 Å². The molecule has 0 bridgehead atoms. The van der Waals surface area contributed by atoms with E-state index in [0.717, 1.165) is 4.90 Å². The van der Waals surface area contributed by atoms with Gasteiger partial charge in [0.15, 0.2) is 11.6 Å². The Labute approximate surface area is 137 Å². The van der Waals surface area contributed by atoms with Crippen LogP contribution < -0.4 is 10.1 Å². The Kier molecular flexibility index (Phi) is 6.10. The van der Waals surface area contributed by atoms with Crippen molar-refractivity contribution in [2.75, 3.05) is 19.4 Å². The van der Waals surface area contributed by atoms with E-state index in [1.807, 2.05) is 12.3 Å². The minimum Gasteiger partial charge on any atom is -0.489 e. The van der Waals surface area contributed by atoms with Crippen molar-refractivity contribution in [2.45, 2.75) is 4.90 Å². The number of ether oxygens (including phenoxy) is 1. The standard InChI is InChI=1S/C16H15ClFNO2S/c1-22-11-6-7-13(17)12(10-11)16(20)19-8-9-21-15-5-3-2-4-14(15)18/h2-7,10H,8-9H2,1H3,(H,19,20). The summed E-state index contributed by atoms with van der Waals surface area (Å²) in [6.45, 7) is 0.430. The second-order valence-electron chi connectivity index (χ2n) is 4.38. The molecule has 2 aromatic rings. The average molecular weight is 340 g/mol. The Morgan fingerprint density at radius 3 is 2.82 bits per heavy atom. The highest BCUT2D eigenvalue weighted by Gasteiger charge is 2.11. The number of thioether (sulfide) groups is 1. The molecule has 0 aliphatic carbocycles. The zero-order valence-electron chi connectivity index (χ0n) is 11.9. The first-order valence-electron chi connectivity index (χ1n) is 6.61. The smallest absolute Gasteiger partial charge is 0.252 e. The first-order valence-corrected chi connectivity index (χ1v) is 8.21. The molecule has 1 N–H and O–H groups in total. The molecular weight excluding hydrogens is 325 g/mol. The van der Waals surface area contributed by atoms with Gasteiger partial charge in [-0.1, -0.05) is 23.7 Å². The van der Waals surface area contributed by atoms with E-state index in [4.69, 9.17) is 16.3 Å². The van der Waals surface area contributed by atoms with Gasteiger partial charge in [0.05, 0.1) is 17.1 Å². The van der Waals surface area contributed by atoms with E-state index in [1.165, 1.54) is 23.9 Å². The Bertz CT molecular complexity index is 666. The summed E-state index contributed by atoms with van der Waals surface area (Å²) in [5.74, 6) is -0.540.